The molecular formula is C18H18N2O. The number of methoxy groups -OCH3 is 1. The Bertz CT molecular complexity index is 735. The Balaban J connectivity index is 1.79. The molecule has 0 saturated carbocycles. The van der Waals surface area contributed by atoms with Crippen molar-refractivity contribution in [2.75, 3.05) is 12.4 Å². The molecule has 0 radical (unpaired) electrons. The SMILES string of the molecule is COCc1cccc(CNc2cccc3ncccc23)c1. The first-order chi connectivity index (χ1) is 10.4. The van der Waals surface area contributed by atoms with E-state index in [9.17, 15) is 0 Å². The maximum absolute atomic E-state index is 5.17. The second-order valence-corrected chi connectivity index (χ2v) is 4.98. The minimum absolute atomic E-state index is 0.645. The van der Waals surface area contributed by atoms with E-state index in [1.807, 2.05) is 24.4 Å². The van der Waals surface area contributed by atoms with Gasteiger partial charge in [0, 0.05) is 30.9 Å². The lowest BCUT2D eigenvalue weighted by molar-refractivity contribution is 0.185. The van der Waals surface area contributed by atoms with E-state index in [1.54, 1.807) is 7.11 Å². The normalized spacial score (nSPS) is 10.7. The first-order valence-corrected chi connectivity index (χ1v) is 7.01. The molecular weight excluding hydrogens is 260 g/mol. The van der Waals surface area contributed by atoms with Gasteiger partial charge in [0.15, 0.2) is 0 Å². The number of aromatic nitrogens is 1. The van der Waals surface area contributed by atoms with Crippen molar-refractivity contribution in [3.05, 3.63) is 71.9 Å². The summed E-state index contributed by atoms with van der Waals surface area (Å²) in [4.78, 5) is 4.38. The highest BCUT2D eigenvalue weighted by atomic mass is 16.5. The van der Waals surface area contributed by atoms with E-state index in [0.29, 0.717) is 6.61 Å². The zero-order valence-electron chi connectivity index (χ0n) is 12.0. The van der Waals surface area contributed by atoms with E-state index in [1.165, 1.54) is 11.1 Å². The van der Waals surface area contributed by atoms with E-state index in [4.69, 9.17) is 4.74 Å². The van der Waals surface area contributed by atoms with Crippen LogP contribution in [0.1, 0.15) is 11.1 Å². The number of nitrogens with zero attached hydrogens (tertiary/aromatic N) is 1. The largest absolute Gasteiger partial charge is 0.380 e. The van der Waals surface area contributed by atoms with Crippen LogP contribution in [0.3, 0.4) is 0 Å². The number of pyridine rings is 1. The van der Waals surface area contributed by atoms with Gasteiger partial charge in [-0.2, -0.15) is 0 Å². The first-order valence-electron chi connectivity index (χ1n) is 7.01. The van der Waals surface area contributed by atoms with Gasteiger partial charge < -0.3 is 10.1 Å². The molecule has 0 aliphatic rings. The maximum atomic E-state index is 5.17. The van der Waals surface area contributed by atoms with Gasteiger partial charge in [-0.3, -0.25) is 4.98 Å². The van der Waals surface area contributed by atoms with Crippen molar-refractivity contribution in [2.24, 2.45) is 0 Å². The van der Waals surface area contributed by atoms with Gasteiger partial charge in [0.25, 0.3) is 0 Å². The summed E-state index contributed by atoms with van der Waals surface area (Å²) in [5.74, 6) is 0. The molecule has 0 bridgehead atoms. The van der Waals surface area contributed by atoms with Crippen molar-refractivity contribution in [3.8, 4) is 0 Å². The van der Waals surface area contributed by atoms with Gasteiger partial charge in [0.1, 0.15) is 0 Å². The lowest BCUT2D eigenvalue weighted by Gasteiger charge is -2.10. The summed E-state index contributed by atoms with van der Waals surface area (Å²) in [6, 6.07) is 18.6. The molecule has 21 heavy (non-hydrogen) atoms. The molecule has 0 spiro atoms. The molecule has 0 saturated heterocycles. The molecule has 3 nitrogen and oxygen atoms in total. The lowest BCUT2D eigenvalue weighted by atomic mass is 10.1. The van der Waals surface area contributed by atoms with Crippen LogP contribution >= 0.6 is 0 Å². The van der Waals surface area contributed by atoms with Crippen LogP contribution in [0, 0.1) is 0 Å². The highest BCUT2D eigenvalue weighted by Crippen LogP contribution is 2.22. The van der Waals surface area contributed by atoms with Crippen LogP contribution in [0.2, 0.25) is 0 Å². The Labute approximate surface area is 124 Å². The number of anilines is 1. The molecule has 1 aromatic heterocycles. The second kappa shape index (κ2) is 6.37. The van der Waals surface area contributed by atoms with E-state index in [-0.39, 0.29) is 0 Å². The standard InChI is InChI=1S/C18H18N2O/c1-21-13-15-6-2-5-14(11-15)12-20-18-9-3-8-17-16(18)7-4-10-19-17/h2-11,20H,12-13H2,1H3. The fourth-order valence-electron chi connectivity index (χ4n) is 2.45. The highest BCUT2D eigenvalue weighted by molar-refractivity contribution is 5.91. The number of nitrogens with one attached hydrogen (secondary N) is 1. The van der Waals surface area contributed by atoms with Gasteiger partial charge >= 0.3 is 0 Å². The Hall–Kier alpha value is -2.39. The lowest BCUT2D eigenvalue weighted by Crippen LogP contribution is -2.01. The topological polar surface area (TPSA) is 34.1 Å². The predicted molar refractivity (Wildman–Crippen MR) is 86.2 cm³/mol. The molecule has 0 amide bonds. The zero-order chi connectivity index (χ0) is 14.5. The van der Waals surface area contributed by atoms with Crippen LogP contribution < -0.4 is 5.32 Å². The molecule has 1 heterocycles. The van der Waals surface area contributed by atoms with E-state index in [2.05, 4.69) is 46.7 Å². The van der Waals surface area contributed by atoms with Crippen molar-refractivity contribution >= 4 is 16.6 Å². The second-order valence-electron chi connectivity index (χ2n) is 4.98. The van der Waals surface area contributed by atoms with Crippen LogP contribution in [-0.4, -0.2) is 12.1 Å². The number of ether oxygens (including phenoxy) is 1. The monoisotopic (exact) mass is 278 g/mol. The molecule has 106 valence electrons. The molecule has 0 aliphatic carbocycles. The summed E-state index contributed by atoms with van der Waals surface area (Å²) in [6.45, 7) is 1.43. The zero-order valence-corrected chi connectivity index (χ0v) is 12.0. The summed E-state index contributed by atoms with van der Waals surface area (Å²) < 4.78 is 5.17. The van der Waals surface area contributed by atoms with E-state index >= 15 is 0 Å². The number of hydrogen-bond donors (Lipinski definition) is 1. The molecule has 0 aliphatic heterocycles. The van der Waals surface area contributed by atoms with Gasteiger partial charge in [0.2, 0.25) is 0 Å². The Kier molecular flexibility index (Phi) is 4.12. The average molecular weight is 278 g/mol. The molecule has 1 N–H and O–H groups in total. The molecule has 0 unspecified atom stereocenters. The van der Waals surface area contributed by atoms with Crippen LogP contribution in [0.25, 0.3) is 10.9 Å². The quantitative estimate of drug-likeness (QED) is 0.766. The summed E-state index contributed by atoms with van der Waals surface area (Å²) in [6.07, 6.45) is 1.82. The molecule has 3 rings (SSSR count). The van der Waals surface area contributed by atoms with Crippen LogP contribution in [0.4, 0.5) is 5.69 Å². The minimum Gasteiger partial charge on any atom is -0.380 e. The number of fused-ring (bicyclic) bond motifs is 1. The first kappa shape index (κ1) is 13.6. The molecule has 2 aromatic carbocycles. The number of rotatable bonds is 5. The van der Waals surface area contributed by atoms with E-state index < -0.39 is 0 Å². The Morgan fingerprint density at radius 2 is 1.86 bits per heavy atom. The Morgan fingerprint density at radius 1 is 1.00 bits per heavy atom. The minimum atomic E-state index is 0.645. The molecule has 3 heteroatoms. The summed E-state index contributed by atoms with van der Waals surface area (Å²) in [7, 11) is 1.72. The third-order valence-corrected chi connectivity index (χ3v) is 3.43. The number of hydrogen-bond acceptors (Lipinski definition) is 3. The van der Waals surface area contributed by atoms with Crippen LogP contribution in [-0.2, 0) is 17.9 Å². The van der Waals surface area contributed by atoms with Gasteiger partial charge in [-0.05, 0) is 35.4 Å². The summed E-state index contributed by atoms with van der Waals surface area (Å²) in [5, 5.41) is 4.64. The van der Waals surface area contributed by atoms with Crippen molar-refractivity contribution in [3.63, 3.8) is 0 Å². The van der Waals surface area contributed by atoms with Crippen molar-refractivity contribution in [1.82, 2.24) is 4.98 Å². The summed E-state index contributed by atoms with van der Waals surface area (Å²) in [5.41, 5.74) is 4.55. The van der Waals surface area contributed by atoms with Crippen molar-refractivity contribution < 1.29 is 4.74 Å². The third kappa shape index (κ3) is 3.20. The van der Waals surface area contributed by atoms with Gasteiger partial charge in [-0.15, -0.1) is 0 Å². The Morgan fingerprint density at radius 3 is 2.76 bits per heavy atom. The maximum Gasteiger partial charge on any atom is 0.0722 e. The fraction of sp³-hybridized carbons (Fsp3) is 0.167. The molecule has 0 atom stereocenters. The predicted octanol–water partition coefficient (Wildman–Crippen LogP) is 3.99. The van der Waals surface area contributed by atoms with Gasteiger partial charge in [-0.25, -0.2) is 0 Å². The number of benzene rings is 2. The van der Waals surface area contributed by atoms with Crippen molar-refractivity contribution in [1.29, 1.82) is 0 Å². The smallest absolute Gasteiger partial charge is 0.0722 e. The molecule has 0 fully saturated rings. The van der Waals surface area contributed by atoms with Crippen molar-refractivity contribution in [2.45, 2.75) is 13.2 Å². The van der Waals surface area contributed by atoms with Gasteiger partial charge in [-0.1, -0.05) is 30.3 Å². The fourth-order valence-corrected chi connectivity index (χ4v) is 2.45. The van der Waals surface area contributed by atoms with Crippen LogP contribution in [0.5, 0.6) is 0 Å². The third-order valence-electron chi connectivity index (χ3n) is 3.43. The highest BCUT2D eigenvalue weighted by Gasteiger charge is 2.01. The molecule has 3 aromatic rings. The van der Waals surface area contributed by atoms with Gasteiger partial charge in [0.05, 0.1) is 12.1 Å². The van der Waals surface area contributed by atoms with Crippen LogP contribution in [0.15, 0.2) is 60.8 Å². The van der Waals surface area contributed by atoms with E-state index in [0.717, 1.165) is 23.1 Å². The summed E-state index contributed by atoms with van der Waals surface area (Å²) >= 11 is 0. The average Bonchev–Trinajstić information content (AvgIpc) is 2.53.